The molecule has 0 bridgehead atoms. The molecule has 1 atom stereocenters. The zero-order valence-electron chi connectivity index (χ0n) is 13.7. The van der Waals surface area contributed by atoms with Gasteiger partial charge in [-0.3, -0.25) is 9.59 Å². The number of benzene rings is 1. The van der Waals surface area contributed by atoms with E-state index in [1.54, 1.807) is 10.9 Å². The number of rotatable bonds is 3. The lowest BCUT2D eigenvalue weighted by Gasteiger charge is -2.33. The number of hydrogen-bond donors (Lipinski definition) is 1. The molecule has 1 saturated heterocycles. The number of morpholine rings is 1. The molecule has 1 aromatic heterocycles. The molecule has 126 valence electrons. The third-order valence-electron chi connectivity index (χ3n) is 4.01. The number of carbonyl (C=O) groups is 2. The standard InChI is InChI=1S/C17H20N4O3/c1-12-15(10-21(19-12)14-6-4-3-5-7-14)18-17(23)16-11-24-9-8-20(16)13(2)22/h3-7,10,16H,8-9,11H2,1-2H3,(H,18,23). The molecule has 1 aromatic carbocycles. The molecule has 2 heterocycles. The van der Waals surface area contributed by atoms with Gasteiger partial charge in [-0.25, -0.2) is 4.68 Å². The topological polar surface area (TPSA) is 76.5 Å². The first-order valence-electron chi connectivity index (χ1n) is 7.84. The number of hydrogen-bond acceptors (Lipinski definition) is 4. The van der Waals surface area contributed by atoms with Crippen molar-refractivity contribution in [3.8, 4) is 5.69 Å². The smallest absolute Gasteiger partial charge is 0.249 e. The van der Waals surface area contributed by atoms with E-state index in [9.17, 15) is 9.59 Å². The Balaban J connectivity index is 1.77. The molecule has 1 unspecified atom stereocenters. The largest absolute Gasteiger partial charge is 0.377 e. The predicted molar refractivity (Wildman–Crippen MR) is 88.9 cm³/mol. The molecule has 2 aromatic rings. The zero-order chi connectivity index (χ0) is 17.1. The van der Waals surface area contributed by atoms with Crippen molar-refractivity contribution in [3.05, 3.63) is 42.2 Å². The van der Waals surface area contributed by atoms with Gasteiger partial charge in [-0.05, 0) is 19.1 Å². The predicted octanol–water partition coefficient (Wildman–Crippen LogP) is 1.37. The highest BCUT2D eigenvalue weighted by molar-refractivity contribution is 5.97. The maximum atomic E-state index is 12.6. The minimum Gasteiger partial charge on any atom is -0.377 e. The highest BCUT2D eigenvalue weighted by Gasteiger charge is 2.31. The second-order valence-electron chi connectivity index (χ2n) is 5.70. The molecule has 0 spiro atoms. The molecule has 1 N–H and O–H groups in total. The Kier molecular flexibility index (Phi) is 4.61. The number of amides is 2. The molecule has 2 amide bonds. The molecule has 0 saturated carbocycles. The number of carbonyl (C=O) groups excluding carboxylic acids is 2. The zero-order valence-corrected chi connectivity index (χ0v) is 13.7. The molecular formula is C17H20N4O3. The first kappa shape index (κ1) is 16.2. The Hall–Kier alpha value is -2.67. The van der Waals surface area contributed by atoms with Crippen molar-refractivity contribution in [3.63, 3.8) is 0 Å². The molecule has 7 heteroatoms. The van der Waals surface area contributed by atoms with Gasteiger partial charge in [-0.15, -0.1) is 0 Å². The van der Waals surface area contributed by atoms with Gasteiger partial charge in [-0.1, -0.05) is 18.2 Å². The van der Waals surface area contributed by atoms with Crippen molar-refractivity contribution in [1.29, 1.82) is 0 Å². The van der Waals surface area contributed by atoms with Gasteiger partial charge in [0.25, 0.3) is 0 Å². The molecule has 1 aliphatic rings. The van der Waals surface area contributed by atoms with Crippen molar-refractivity contribution in [2.75, 3.05) is 25.1 Å². The molecular weight excluding hydrogens is 308 g/mol. The Bertz CT molecular complexity index is 742. The maximum absolute atomic E-state index is 12.6. The maximum Gasteiger partial charge on any atom is 0.249 e. The normalized spacial score (nSPS) is 17.6. The average Bonchev–Trinajstić information content (AvgIpc) is 2.96. The molecule has 24 heavy (non-hydrogen) atoms. The van der Waals surface area contributed by atoms with Gasteiger partial charge in [-0.2, -0.15) is 5.10 Å². The van der Waals surface area contributed by atoms with E-state index in [1.807, 2.05) is 37.3 Å². The van der Waals surface area contributed by atoms with Crippen LogP contribution in [0.5, 0.6) is 0 Å². The van der Waals surface area contributed by atoms with Crippen LogP contribution in [0.3, 0.4) is 0 Å². The van der Waals surface area contributed by atoms with E-state index in [4.69, 9.17) is 4.74 Å². The van der Waals surface area contributed by atoms with Gasteiger partial charge in [0, 0.05) is 13.5 Å². The quantitative estimate of drug-likeness (QED) is 0.923. The Morgan fingerprint density at radius 1 is 1.29 bits per heavy atom. The SMILES string of the molecule is CC(=O)N1CCOCC1C(=O)Nc1cn(-c2ccccc2)nc1C. The van der Waals surface area contributed by atoms with Gasteiger partial charge < -0.3 is 15.0 Å². The molecule has 7 nitrogen and oxygen atoms in total. The number of ether oxygens (including phenoxy) is 1. The molecule has 3 rings (SSSR count). The number of nitrogens with one attached hydrogen (secondary N) is 1. The van der Waals surface area contributed by atoms with Crippen LogP contribution in [0, 0.1) is 6.92 Å². The second-order valence-corrected chi connectivity index (χ2v) is 5.70. The average molecular weight is 328 g/mol. The first-order valence-corrected chi connectivity index (χ1v) is 7.84. The summed E-state index contributed by atoms with van der Waals surface area (Å²) in [6, 6.07) is 9.04. The molecule has 0 aliphatic carbocycles. The summed E-state index contributed by atoms with van der Waals surface area (Å²) in [4.78, 5) is 25.8. The van der Waals surface area contributed by atoms with Crippen LogP contribution in [0.1, 0.15) is 12.6 Å². The number of aromatic nitrogens is 2. The number of para-hydroxylation sites is 1. The third-order valence-corrected chi connectivity index (χ3v) is 4.01. The van der Waals surface area contributed by atoms with Crippen LogP contribution in [0.25, 0.3) is 5.69 Å². The fraction of sp³-hybridized carbons (Fsp3) is 0.353. The lowest BCUT2D eigenvalue weighted by Crippen LogP contribution is -2.53. The van der Waals surface area contributed by atoms with E-state index >= 15 is 0 Å². The van der Waals surface area contributed by atoms with Crippen LogP contribution in [-0.2, 0) is 14.3 Å². The minimum absolute atomic E-state index is 0.129. The van der Waals surface area contributed by atoms with Crippen molar-refractivity contribution >= 4 is 17.5 Å². The van der Waals surface area contributed by atoms with Crippen LogP contribution in [0.15, 0.2) is 36.5 Å². The fourth-order valence-electron chi connectivity index (χ4n) is 2.71. The third kappa shape index (κ3) is 3.30. The van der Waals surface area contributed by atoms with Crippen molar-refractivity contribution in [2.45, 2.75) is 19.9 Å². The van der Waals surface area contributed by atoms with Crippen LogP contribution in [-0.4, -0.2) is 52.3 Å². The Morgan fingerprint density at radius 2 is 2.04 bits per heavy atom. The fourth-order valence-corrected chi connectivity index (χ4v) is 2.71. The van der Waals surface area contributed by atoms with Gasteiger partial charge in [0.05, 0.1) is 36.5 Å². The Morgan fingerprint density at radius 3 is 2.75 bits per heavy atom. The highest BCUT2D eigenvalue weighted by atomic mass is 16.5. The second kappa shape index (κ2) is 6.84. The number of aryl methyl sites for hydroxylation is 1. The van der Waals surface area contributed by atoms with E-state index in [-0.39, 0.29) is 18.4 Å². The summed E-state index contributed by atoms with van der Waals surface area (Å²) in [6.07, 6.45) is 1.77. The summed E-state index contributed by atoms with van der Waals surface area (Å²) in [5, 5.41) is 7.28. The summed E-state index contributed by atoms with van der Waals surface area (Å²) in [5.41, 5.74) is 2.24. The number of nitrogens with zero attached hydrogens (tertiary/aromatic N) is 3. The Labute approximate surface area is 140 Å². The van der Waals surface area contributed by atoms with Crippen molar-refractivity contribution < 1.29 is 14.3 Å². The van der Waals surface area contributed by atoms with E-state index in [0.29, 0.717) is 24.5 Å². The summed E-state index contributed by atoms with van der Waals surface area (Å²) in [5.74, 6) is -0.393. The summed E-state index contributed by atoms with van der Waals surface area (Å²) in [7, 11) is 0. The van der Waals surface area contributed by atoms with Gasteiger partial charge >= 0.3 is 0 Å². The summed E-state index contributed by atoms with van der Waals surface area (Å²) in [6.45, 7) is 4.38. The van der Waals surface area contributed by atoms with Crippen molar-refractivity contribution in [2.24, 2.45) is 0 Å². The van der Waals surface area contributed by atoms with Gasteiger partial charge in [0.1, 0.15) is 6.04 Å². The minimum atomic E-state index is -0.615. The van der Waals surface area contributed by atoms with Crippen LogP contribution >= 0.6 is 0 Å². The lowest BCUT2D eigenvalue weighted by atomic mass is 10.2. The summed E-state index contributed by atoms with van der Waals surface area (Å²) >= 11 is 0. The van der Waals surface area contributed by atoms with Crippen LogP contribution in [0.4, 0.5) is 5.69 Å². The van der Waals surface area contributed by atoms with E-state index in [0.717, 1.165) is 5.69 Å². The highest BCUT2D eigenvalue weighted by Crippen LogP contribution is 2.18. The van der Waals surface area contributed by atoms with Gasteiger partial charge in [0.2, 0.25) is 11.8 Å². The molecule has 1 aliphatic heterocycles. The number of anilines is 1. The lowest BCUT2D eigenvalue weighted by molar-refractivity contribution is -0.144. The van der Waals surface area contributed by atoms with E-state index in [1.165, 1.54) is 11.8 Å². The summed E-state index contributed by atoms with van der Waals surface area (Å²) < 4.78 is 7.06. The van der Waals surface area contributed by atoms with E-state index < -0.39 is 6.04 Å². The van der Waals surface area contributed by atoms with Crippen molar-refractivity contribution in [1.82, 2.24) is 14.7 Å². The monoisotopic (exact) mass is 328 g/mol. The van der Waals surface area contributed by atoms with E-state index in [2.05, 4.69) is 10.4 Å². The first-order chi connectivity index (χ1) is 11.6. The van der Waals surface area contributed by atoms with Crippen LogP contribution in [0.2, 0.25) is 0 Å². The van der Waals surface area contributed by atoms with Gasteiger partial charge in [0.15, 0.2) is 0 Å². The molecule has 1 fully saturated rings. The molecule has 0 radical (unpaired) electrons. The van der Waals surface area contributed by atoms with Crippen LogP contribution < -0.4 is 5.32 Å².